The van der Waals surface area contributed by atoms with Crippen molar-refractivity contribution in [3.05, 3.63) is 4.13 Å². The SMILES string of the molecule is COCC[N+]1(CCCl)CCCC1.O=S(=O)([N-]S(=O)(=O)C(F)(F)F)C(F)(F)F. The van der Waals surface area contributed by atoms with E-state index in [0.717, 1.165) is 29.7 Å². The third kappa shape index (κ3) is 8.27. The Morgan fingerprint density at radius 3 is 1.63 bits per heavy atom. The molecule has 0 aromatic heterocycles. The average molecular weight is 473 g/mol. The largest absolute Gasteiger partial charge is 0.480 e. The van der Waals surface area contributed by atoms with Crippen molar-refractivity contribution in [2.75, 3.05) is 45.8 Å². The van der Waals surface area contributed by atoms with Gasteiger partial charge in [0.25, 0.3) is 0 Å². The van der Waals surface area contributed by atoms with Gasteiger partial charge in [-0.2, -0.15) is 26.3 Å². The van der Waals surface area contributed by atoms with E-state index >= 15 is 0 Å². The highest BCUT2D eigenvalue weighted by atomic mass is 35.5. The molecular formula is C11H19ClF6N2O5S2. The van der Waals surface area contributed by atoms with Crippen molar-refractivity contribution in [3.8, 4) is 0 Å². The smallest absolute Gasteiger partial charge is 0.421 e. The number of sulfonamides is 2. The summed E-state index contributed by atoms with van der Waals surface area (Å²) < 4.78 is 115. The summed E-state index contributed by atoms with van der Waals surface area (Å²) in [6, 6.07) is 0. The van der Waals surface area contributed by atoms with Gasteiger partial charge >= 0.3 is 11.0 Å². The van der Waals surface area contributed by atoms with Crippen molar-refractivity contribution in [3.63, 3.8) is 0 Å². The molecule has 1 fully saturated rings. The van der Waals surface area contributed by atoms with E-state index in [-0.39, 0.29) is 0 Å². The maximum atomic E-state index is 11.4. The molecule has 7 nitrogen and oxygen atoms in total. The molecule has 0 aliphatic carbocycles. The van der Waals surface area contributed by atoms with Crippen LogP contribution in [0.25, 0.3) is 4.13 Å². The van der Waals surface area contributed by atoms with Gasteiger partial charge in [-0.25, -0.2) is 16.8 Å². The minimum Gasteiger partial charge on any atom is -0.421 e. The number of hydrogen-bond donors (Lipinski definition) is 0. The number of nitrogens with zero attached hydrogens (tertiary/aromatic N) is 2. The predicted molar refractivity (Wildman–Crippen MR) is 84.9 cm³/mol. The van der Waals surface area contributed by atoms with Crippen LogP contribution in [0, 0.1) is 0 Å². The van der Waals surface area contributed by atoms with Crippen LogP contribution >= 0.6 is 11.6 Å². The zero-order valence-electron chi connectivity index (χ0n) is 14.1. The van der Waals surface area contributed by atoms with Gasteiger partial charge in [0.2, 0.25) is 0 Å². The van der Waals surface area contributed by atoms with E-state index in [4.69, 9.17) is 16.3 Å². The van der Waals surface area contributed by atoms with Gasteiger partial charge in [0.15, 0.2) is 20.0 Å². The Morgan fingerprint density at radius 1 is 0.926 bits per heavy atom. The molecule has 0 aromatic rings. The van der Waals surface area contributed by atoms with Crippen molar-refractivity contribution in [2.24, 2.45) is 0 Å². The lowest BCUT2D eigenvalue weighted by molar-refractivity contribution is -0.914. The Labute approximate surface area is 158 Å². The summed E-state index contributed by atoms with van der Waals surface area (Å²) in [6.07, 6.45) is 2.72. The Bertz CT molecular complexity index is 618. The topological polar surface area (TPSA) is 91.6 Å². The Balaban J connectivity index is 0.000000511. The van der Waals surface area contributed by atoms with E-state index < -0.39 is 31.1 Å². The maximum absolute atomic E-state index is 11.4. The molecule has 1 heterocycles. The summed E-state index contributed by atoms with van der Waals surface area (Å²) in [6.45, 7) is 5.73. The van der Waals surface area contributed by atoms with Crippen molar-refractivity contribution < 1.29 is 52.4 Å². The van der Waals surface area contributed by atoms with Crippen molar-refractivity contribution >= 4 is 31.6 Å². The standard InChI is InChI=1S/C9H19ClNO.C2F6NO4S2/c1-12-9-8-11(7-4-10)5-2-3-6-11;3-1(4,5)14(10,11)9-15(12,13)2(6,7)8/h2-9H2,1H3;/q+1;-1. The molecule has 1 aliphatic rings. The van der Waals surface area contributed by atoms with Crippen LogP contribution in [0.1, 0.15) is 12.8 Å². The number of ether oxygens (including phenoxy) is 1. The molecule has 0 saturated carbocycles. The number of rotatable bonds is 7. The first kappa shape index (κ1) is 26.6. The Morgan fingerprint density at radius 2 is 1.33 bits per heavy atom. The number of halogens is 7. The second-order valence-corrected chi connectivity index (χ2v) is 9.34. The molecule has 16 heteroatoms. The molecule has 0 radical (unpaired) electrons. The molecule has 0 atom stereocenters. The number of quaternary nitrogens is 1. The highest BCUT2D eigenvalue weighted by Crippen LogP contribution is 2.36. The molecule has 0 spiro atoms. The van der Waals surface area contributed by atoms with Crippen LogP contribution in [0.15, 0.2) is 0 Å². The van der Waals surface area contributed by atoms with Gasteiger partial charge in [-0.1, -0.05) is 0 Å². The third-order valence-electron chi connectivity index (χ3n) is 3.62. The Kier molecular flexibility index (Phi) is 9.79. The fraction of sp³-hybridized carbons (Fsp3) is 1.00. The molecule has 0 unspecified atom stereocenters. The summed E-state index contributed by atoms with van der Waals surface area (Å²) >= 11 is 5.79. The van der Waals surface area contributed by atoms with E-state index in [9.17, 15) is 43.2 Å². The lowest BCUT2D eigenvalue weighted by atomic mass is 10.4. The number of methoxy groups -OCH3 is 1. The van der Waals surface area contributed by atoms with E-state index in [2.05, 4.69) is 0 Å². The molecule has 164 valence electrons. The summed E-state index contributed by atoms with van der Waals surface area (Å²) in [7, 11) is -11.7. The molecule has 27 heavy (non-hydrogen) atoms. The fourth-order valence-electron chi connectivity index (χ4n) is 2.24. The predicted octanol–water partition coefficient (Wildman–Crippen LogP) is 2.54. The van der Waals surface area contributed by atoms with Crippen molar-refractivity contribution in [1.82, 2.24) is 0 Å². The molecule has 0 aromatic carbocycles. The van der Waals surface area contributed by atoms with Crippen LogP contribution in [0.5, 0.6) is 0 Å². The van der Waals surface area contributed by atoms with Gasteiger partial charge in [0.05, 0.1) is 32.1 Å². The van der Waals surface area contributed by atoms with Gasteiger partial charge in [-0.15, -0.1) is 11.6 Å². The van der Waals surface area contributed by atoms with Gasteiger partial charge in [-0.3, -0.25) is 0 Å². The number of likely N-dealkylation sites (tertiary alicyclic amines) is 1. The molecule has 1 aliphatic heterocycles. The van der Waals surface area contributed by atoms with Crippen LogP contribution in [-0.4, -0.2) is 78.1 Å². The van der Waals surface area contributed by atoms with Crippen molar-refractivity contribution in [2.45, 2.75) is 23.9 Å². The highest BCUT2D eigenvalue weighted by molar-refractivity contribution is 8.13. The minimum atomic E-state index is -6.72. The molecular weight excluding hydrogens is 454 g/mol. The quantitative estimate of drug-likeness (QED) is 0.322. The van der Waals surface area contributed by atoms with Crippen LogP contribution in [0.3, 0.4) is 0 Å². The molecule has 1 saturated heterocycles. The fourth-order valence-corrected chi connectivity index (χ4v) is 4.31. The van der Waals surface area contributed by atoms with Crippen LogP contribution in [-0.2, 0) is 24.8 Å². The van der Waals surface area contributed by atoms with E-state index in [1.807, 2.05) is 0 Å². The summed E-state index contributed by atoms with van der Waals surface area (Å²) in [5.74, 6) is 0.781. The lowest BCUT2D eigenvalue weighted by Crippen LogP contribution is -2.48. The molecule has 0 bridgehead atoms. The average Bonchev–Trinajstić information content (AvgIpc) is 2.92. The van der Waals surface area contributed by atoms with E-state index in [1.165, 1.54) is 30.4 Å². The Hall–Kier alpha value is -0.350. The number of alkyl halides is 7. The molecule has 1 rings (SSSR count). The van der Waals surface area contributed by atoms with Crippen molar-refractivity contribution in [1.29, 1.82) is 0 Å². The first-order valence-electron chi connectivity index (χ1n) is 7.30. The molecule has 0 amide bonds. The van der Waals surface area contributed by atoms with Crippen LogP contribution < -0.4 is 0 Å². The molecule has 0 N–H and O–H groups in total. The van der Waals surface area contributed by atoms with Gasteiger partial charge in [-0.05, 0) is 0 Å². The minimum absolute atomic E-state index is 0.778. The second kappa shape index (κ2) is 9.91. The van der Waals surface area contributed by atoms with Crippen LogP contribution in [0.2, 0.25) is 0 Å². The zero-order chi connectivity index (χ0) is 21.6. The summed E-state index contributed by atoms with van der Waals surface area (Å²) in [4.78, 5) is 0. The maximum Gasteiger partial charge on any atom is 0.480 e. The lowest BCUT2D eigenvalue weighted by Gasteiger charge is -2.33. The zero-order valence-corrected chi connectivity index (χ0v) is 16.4. The van der Waals surface area contributed by atoms with E-state index in [0.29, 0.717) is 0 Å². The summed E-state index contributed by atoms with van der Waals surface area (Å²) in [5.41, 5.74) is -12.4. The second-order valence-electron chi connectivity index (χ2n) is 5.54. The van der Waals surface area contributed by atoms with Crippen LogP contribution in [0.4, 0.5) is 26.3 Å². The first-order valence-corrected chi connectivity index (χ1v) is 10.7. The van der Waals surface area contributed by atoms with Gasteiger partial charge in [0, 0.05) is 20.0 Å². The highest BCUT2D eigenvalue weighted by Gasteiger charge is 2.46. The monoisotopic (exact) mass is 472 g/mol. The summed E-state index contributed by atoms with van der Waals surface area (Å²) in [5, 5.41) is 0. The third-order valence-corrected chi connectivity index (χ3v) is 6.53. The normalized spacial score (nSPS) is 18.1. The first-order chi connectivity index (χ1) is 12.0. The van der Waals surface area contributed by atoms with E-state index in [1.54, 1.807) is 7.11 Å². The number of hydrogen-bond acceptors (Lipinski definition) is 5. The van der Waals surface area contributed by atoms with Gasteiger partial charge in [0.1, 0.15) is 6.54 Å². The van der Waals surface area contributed by atoms with Gasteiger partial charge < -0.3 is 13.3 Å².